The summed E-state index contributed by atoms with van der Waals surface area (Å²) in [5.74, 6) is -1.32. The van der Waals surface area contributed by atoms with Crippen LogP contribution in [0.15, 0.2) is 24.3 Å². The van der Waals surface area contributed by atoms with Crippen molar-refractivity contribution < 1.29 is 23.5 Å². The van der Waals surface area contributed by atoms with Crippen LogP contribution in [0, 0.1) is 5.82 Å². The zero-order chi connectivity index (χ0) is 18.5. The Morgan fingerprint density at radius 1 is 1.12 bits per heavy atom. The van der Waals surface area contributed by atoms with Crippen molar-refractivity contribution in [2.75, 3.05) is 39.4 Å². The fourth-order valence-electron chi connectivity index (χ4n) is 3.24. The number of benzene rings is 1. The minimum absolute atomic E-state index is 0.131. The number of carbonyl (C=O) groups excluding carboxylic acids is 3. The van der Waals surface area contributed by atoms with E-state index in [0.717, 1.165) is 10.5 Å². The number of nitrogens with one attached hydrogen (secondary N) is 1. The van der Waals surface area contributed by atoms with Gasteiger partial charge in [0.2, 0.25) is 17.7 Å². The van der Waals surface area contributed by atoms with E-state index in [9.17, 15) is 18.8 Å². The van der Waals surface area contributed by atoms with Gasteiger partial charge in [0.1, 0.15) is 12.4 Å². The molecule has 0 bridgehead atoms. The molecule has 2 aliphatic heterocycles. The van der Waals surface area contributed by atoms with Gasteiger partial charge in [-0.15, -0.1) is 0 Å². The average Bonchev–Trinajstić information content (AvgIpc) is 2.96. The minimum Gasteiger partial charge on any atom is -0.379 e. The number of hydrogen-bond donors (Lipinski definition) is 1. The second-order valence-corrected chi connectivity index (χ2v) is 6.39. The van der Waals surface area contributed by atoms with Gasteiger partial charge in [-0.1, -0.05) is 12.1 Å². The molecule has 3 rings (SSSR count). The van der Waals surface area contributed by atoms with Gasteiger partial charge in [-0.3, -0.25) is 24.2 Å². The molecule has 0 spiro atoms. The van der Waals surface area contributed by atoms with Crippen LogP contribution >= 0.6 is 0 Å². The van der Waals surface area contributed by atoms with Crippen LogP contribution in [0.4, 0.5) is 4.39 Å². The van der Waals surface area contributed by atoms with Gasteiger partial charge >= 0.3 is 0 Å². The number of likely N-dealkylation sites (tertiary alicyclic amines) is 1. The highest BCUT2D eigenvalue weighted by atomic mass is 19.1. The number of carbonyl (C=O) groups is 3. The second kappa shape index (κ2) is 8.37. The van der Waals surface area contributed by atoms with Crippen molar-refractivity contribution in [1.82, 2.24) is 15.1 Å². The molecule has 26 heavy (non-hydrogen) atoms. The molecule has 7 nitrogen and oxygen atoms in total. The molecule has 1 atom stereocenters. The standard InChI is InChI=1S/C18H22FN3O4/c19-14-3-1-13(2-4-14)15(21-7-9-26-10-8-21)11-20-16(23)12-22-17(24)5-6-18(22)25/h1-4,15H,5-12H2,(H,20,23). The Morgan fingerprint density at radius 3 is 2.35 bits per heavy atom. The molecule has 2 saturated heterocycles. The molecule has 140 valence electrons. The summed E-state index contributed by atoms with van der Waals surface area (Å²) in [6.07, 6.45) is 0.330. The molecule has 0 aromatic heterocycles. The Morgan fingerprint density at radius 2 is 1.73 bits per heavy atom. The van der Waals surface area contributed by atoms with Gasteiger partial charge in [0.05, 0.1) is 19.3 Å². The number of imide groups is 1. The average molecular weight is 363 g/mol. The first-order valence-electron chi connectivity index (χ1n) is 8.72. The molecule has 1 aromatic rings. The number of amides is 3. The number of rotatable bonds is 6. The van der Waals surface area contributed by atoms with Crippen LogP contribution in [-0.2, 0) is 19.1 Å². The summed E-state index contributed by atoms with van der Waals surface area (Å²) in [5.41, 5.74) is 0.891. The number of morpholine rings is 1. The smallest absolute Gasteiger partial charge is 0.240 e. The lowest BCUT2D eigenvalue weighted by atomic mass is 10.0. The largest absolute Gasteiger partial charge is 0.379 e. The molecule has 3 amide bonds. The Labute approximate surface area is 151 Å². The Hall–Kier alpha value is -2.32. The van der Waals surface area contributed by atoms with Crippen LogP contribution in [0.2, 0.25) is 0 Å². The van der Waals surface area contributed by atoms with Gasteiger partial charge in [-0.25, -0.2) is 4.39 Å². The summed E-state index contributed by atoms with van der Waals surface area (Å²) in [4.78, 5) is 38.6. The number of hydrogen-bond acceptors (Lipinski definition) is 5. The number of halogens is 1. The van der Waals surface area contributed by atoms with Crippen molar-refractivity contribution >= 4 is 17.7 Å². The third-order valence-corrected chi connectivity index (χ3v) is 4.69. The van der Waals surface area contributed by atoms with Crippen LogP contribution in [0.1, 0.15) is 24.4 Å². The van der Waals surface area contributed by atoms with Crippen LogP contribution < -0.4 is 5.32 Å². The van der Waals surface area contributed by atoms with Crippen LogP contribution in [-0.4, -0.2) is 66.9 Å². The molecule has 2 fully saturated rings. The maximum atomic E-state index is 13.2. The van der Waals surface area contributed by atoms with E-state index in [0.29, 0.717) is 32.8 Å². The minimum atomic E-state index is -0.381. The summed E-state index contributed by atoms with van der Waals surface area (Å²) in [6, 6.07) is 6.07. The van der Waals surface area contributed by atoms with Gasteiger partial charge < -0.3 is 10.1 Å². The van der Waals surface area contributed by atoms with Crippen molar-refractivity contribution in [3.8, 4) is 0 Å². The summed E-state index contributed by atoms with van der Waals surface area (Å²) < 4.78 is 18.6. The van der Waals surface area contributed by atoms with Crippen LogP contribution in [0.25, 0.3) is 0 Å². The van der Waals surface area contributed by atoms with Gasteiger partial charge in [0, 0.05) is 32.5 Å². The molecule has 2 aliphatic rings. The first kappa shape index (κ1) is 18.5. The van der Waals surface area contributed by atoms with Crippen molar-refractivity contribution in [2.45, 2.75) is 18.9 Å². The van der Waals surface area contributed by atoms with Crippen molar-refractivity contribution in [3.63, 3.8) is 0 Å². The molecule has 1 N–H and O–H groups in total. The monoisotopic (exact) mass is 363 g/mol. The van der Waals surface area contributed by atoms with Crippen LogP contribution in [0.5, 0.6) is 0 Å². The maximum absolute atomic E-state index is 13.2. The lowest BCUT2D eigenvalue weighted by molar-refractivity contribution is -0.142. The molecule has 2 heterocycles. The summed E-state index contributed by atoms with van der Waals surface area (Å²) in [7, 11) is 0. The van der Waals surface area contributed by atoms with E-state index >= 15 is 0 Å². The second-order valence-electron chi connectivity index (χ2n) is 6.39. The predicted molar refractivity (Wildman–Crippen MR) is 90.5 cm³/mol. The maximum Gasteiger partial charge on any atom is 0.240 e. The van der Waals surface area contributed by atoms with Crippen LogP contribution in [0.3, 0.4) is 0 Å². The Kier molecular flexibility index (Phi) is 5.95. The Bertz CT molecular complexity index is 658. The summed E-state index contributed by atoms with van der Waals surface area (Å²) >= 11 is 0. The first-order valence-corrected chi connectivity index (χ1v) is 8.72. The van der Waals surface area contributed by atoms with E-state index in [2.05, 4.69) is 10.2 Å². The molecule has 1 aromatic carbocycles. The topological polar surface area (TPSA) is 79.0 Å². The zero-order valence-corrected chi connectivity index (χ0v) is 14.4. The molecule has 0 aliphatic carbocycles. The summed E-state index contributed by atoms with van der Waals surface area (Å²) in [5, 5.41) is 2.80. The Balaban J connectivity index is 1.63. The van der Waals surface area contributed by atoms with E-state index in [-0.39, 0.29) is 49.0 Å². The quantitative estimate of drug-likeness (QED) is 0.743. The van der Waals surface area contributed by atoms with Gasteiger partial charge in [-0.05, 0) is 17.7 Å². The SMILES string of the molecule is O=C(CN1C(=O)CCC1=O)NCC(c1ccc(F)cc1)N1CCOCC1. The molecule has 0 radical (unpaired) electrons. The number of nitrogens with zero attached hydrogens (tertiary/aromatic N) is 2. The van der Waals surface area contributed by atoms with Gasteiger partial charge in [0.15, 0.2) is 0 Å². The highest BCUT2D eigenvalue weighted by molar-refractivity contribution is 6.04. The van der Waals surface area contributed by atoms with E-state index < -0.39 is 0 Å². The molecular formula is C18H22FN3O4. The molecule has 8 heteroatoms. The summed E-state index contributed by atoms with van der Waals surface area (Å²) in [6.45, 7) is 2.67. The van der Waals surface area contributed by atoms with E-state index in [1.165, 1.54) is 12.1 Å². The van der Waals surface area contributed by atoms with Gasteiger partial charge in [0.25, 0.3) is 0 Å². The highest BCUT2D eigenvalue weighted by Gasteiger charge is 2.31. The normalized spacial score (nSPS) is 19.7. The number of ether oxygens (including phenoxy) is 1. The zero-order valence-electron chi connectivity index (χ0n) is 14.4. The van der Waals surface area contributed by atoms with Crippen molar-refractivity contribution in [3.05, 3.63) is 35.6 Å². The predicted octanol–water partition coefficient (Wildman–Crippen LogP) is 0.464. The van der Waals surface area contributed by atoms with Crippen molar-refractivity contribution in [2.24, 2.45) is 0 Å². The third-order valence-electron chi connectivity index (χ3n) is 4.69. The first-order chi connectivity index (χ1) is 12.5. The van der Waals surface area contributed by atoms with E-state index in [1.807, 2.05) is 0 Å². The molecular weight excluding hydrogens is 341 g/mol. The van der Waals surface area contributed by atoms with E-state index in [1.54, 1.807) is 12.1 Å². The van der Waals surface area contributed by atoms with Gasteiger partial charge in [-0.2, -0.15) is 0 Å². The lowest BCUT2D eigenvalue weighted by Gasteiger charge is -2.35. The third kappa shape index (κ3) is 4.44. The fraction of sp³-hybridized carbons (Fsp3) is 0.500. The highest BCUT2D eigenvalue weighted by Crippen LogP contribution is 2.21. The lowest BCUT2D eigenvalue weighted by Crippen LogP contribution is -2.46. The molecule has 0 saturated carbocycles. The van der Waals surface area contributed by atoms with Crippen molar-refractivity contribution in [1.29, 1.82) is 0 Å². The molecule has 1 unspecified atom stereocenters. The fourth-order valence-corrected chi connectivity index (χ4v) is 3.24. The van der Waals surface area contributed by atoms with E-state index in [4.69, 9.17) is 4.74 Å².